The van der Waals surface area contributed by atoms with Crippen LogP contribution in [0.2, 0.25) is 0 Å². The maximum absolute atomic E-state index is 13.3. The third-order valence-corrected chi connectivity index (χ3v) is 12.5. The van der Waals surface area contributed by atoms with Crippen molar-refractivity contribution in [3.8, 4) is 40.2 Å². The highest BCUT2D eigenvalue weighted by Crippen LogP contribution is 2.35. The van der Waals surface area contributed by atoms with Crippen LogP contribution in [0.1, 0.15) is 90.6 Å². The fourth-order valence-electron chi connectivity index (χ4n) is 8.07. The van der Waals surface area contributed by atoms with Gasteiger partial charge in [-0.3, -0.25) is 48.4 Å². The molecule has 26 heteroatoms. The van der Waals surface area contributed by atoms with Crippen LogP contribution in [-0.2, 0) is 9.47 Å². The van der Waals surface area contributed by atoms with Crippen LogP contribution in [0.5, 0.6) is 40.2 Å². The summed E-state index contributed by atoms with van der Waals surface area (Å²) in [6.45, 7) is 4.67. The minimum Gasteiger partial charge on any atom is -0.507 e. The molecule has 8 rings (SSSR count). The predicted molar refractivity (Wildman–Crippen MR) is 282 cm³/mol. The lowest BCUT2D eigenvalue weighted by Crippen LogP contribution is -2.43. The van der Waals surface area contributed by atoms with Crippen molar-refractivity contribution in [2.45, 2.75) is 13.8 Å². The van der Waals surface area contributed by atoms with Crippen LogP contribution in [0.25, 0.3) is 0 Å². The van der Waals surface area contributed by atoms with Crippen molar-refractivity contribution in [1.82, 2.24) is 47.0 Å². The van der Waals surface area contributed by atoms with Crippen LogP contribution in [0.3, 0.4) is 0 Å². The lowest BCUT2D eigenvalue weighted by Gasteiger charge is -2.24. The van der Waals surface area contributed by atoms with Gasteiger partial charge in [-0.15, -0.1) is 0 Å². The van der Waals surface area contributed by atoms with E-state index in [-0.39, 0.29) is 136 Å². The van der Waals surface area contributed by atoms with Gasteiger partial charge in [-0.05, 0) is 56.3 Å². The molecule has 0 atom stereocenters. The van der Waals surface area contributed by atoms with Gasteiger partial charge in [0.1, 0.15) is 5.75 Å². The molecular formula is C52H66N10O16. The normalized spacial score (nSPS) is 14.7. The quantitative estimate of drug-likeness (QED) is 0.0394. The number of rotatable bonds is 16. The summed E-state index contributed by atoms with van der Waals surface area (Å²) in [5.41, 5.74) is -0.311. The number of hydrogen-bond acceptors (Lipinski definition) is 19. The Morgan fingerprint density at radius 1 is 0.487 bits per heavy atom. The summed E-state index contributed by atoms with van der Waals surface area (Å²) in [4.78, 5) is 100. The Morgan fingerprint density at radius 3 is 1.15 bits per heavy atom. The number of nitrogens with zero attached hydrogens (tertiary/aromatic N) is 3. The molecule has 0 saturated heterocycles. The molecular weight excluding hydrogens is 1020 g/mol. The van der Waals surface area contributed by atoms with E-state index in [1.54, 1.807) is 36.8 Å². The summed E-state index contributed by atoms with van der Waals surface area (Å²) in [5.74, 6) is -10.8. The van der Waals surface area contributed by atoms with Gasteiger partial charge in [-0.25, -0.2) is 0 Å². The number of hydrogen-bond donors (Lipinski definition) is 14. The Bertz CT molecular complexity index is 2800. The number of carbonyl (C=O) groups is 7. The van der Waals surface area contributed by atoms with E-state index in [9.17, 15) is 69.3 Å². The summed E-state index contributed by atoms with van der Waals surface area (Å²) < 4.78 is 9.93. The largest absolute Gasteiger partial charge is 0.507 e. The van der Waals surface area contributed by atoms with Crippen LogP contribution in [0.15, 0.2) is 53.5 Å². The maximum atomic E-state index is 13.3. The highest BCUT2D eigenvalue weighted by Gasteiger charge is 2.25. The number of carbonyl (C=O) groups excluding carboxylic acids is 7. The predicted octanol–water partition coefficient (Wildman–Crippen LogP) is -0.137. The van der Waals surface area contributed by atoms with E-state index in [1.165, 1.54) is 13.2 Å². The Kier molecular flexibility index (Phi) is 22.3. The fourth-order valence-corrected chi connectivity index (χ4v) is 8.07. The summed E-state index contributed by atoms with van der Waals surface area (Å²) in [6.07, 6.45) is 0. The van der Waals surface area contributed by atoms with Crippen molar-refractivity contribution in [2.24, 2.45) is 4.99 Å². The Balaban J connectivity index is 1.29. The monoisotopic (exact) mass is 1090 g/mol. The highest BCUT2D eigenvalue weighted by atomic mass is 16.5. The minimum atomic E-state index is -0.880. The summed E-state index contributed by atoms with van der Waals surface area (Å²) in [5, 5.41) is 94.0. The lowest BCUT2D eigenvalue weighted by atomic mass is 10.00. The number of ether oxygens (including phenoxy) is 2. The average molecular weight is 1090 g/mol. The number of phenols is 7. The van der Waals surface area contributed by atoms with E-state index in [0.717, 1.165) is 36.4 Å². The van der Waals surface area contributed by atoms with Crippen molar-refractivity contribution in [1.29, 1.82) is 0 Å². The molecule has 0 spiro atoms. The second kappa shape index (κ2) is 29.0. The molecule has 7 amide bonds. The third-order valence-electron chi connectivity index (χ3n) is 12.5. The number of aromatic hydroxyl groups is 7. The number of benzene rings is 4. The van der Waals surface area contributed by atoms with Gasteiger partial charge in [0.2, 0.25) is 0 Å². The van der Waals surface area contributed by atoms with Gasteiger partial charge in [0.05, 0.1) is 58.7 Å². The van der Waals surface area contributed by atoms with E-state index in [1.807, 2.05) is 0 Å². The summed E-state index contributed by atoms with van der Waals surface area (Å²) >= 11 is 0. The van der Waals surface area contributed by atoms with Gasteiger partial charge >= 0.3 is 0 Å². The molecule has 4 aromatic rings. The van der Waals surface area contributed by atoms with Crippen LogP contribution >= 0.6 is 0 Å². The second-order valence-electron chi connectivity index (χ2n) is 17.6. The Labute approximate surface area is 448 Å². The summed E-state index contributed by atoms with van der Waals surface area (Å²) in [7, 11) is 2.99. The van der Waals surface area contributed by atoms with E-state index in [4.69, 9.17) is 9.47 Å². The third kappa shape index (κ3) is 15.7. The van der Waals surface area contributed by atoms with Crippen molar-refractivity contribution >= 4 is 47.1 Å². The smallest absolute Gasteiger partial charge is 0.255 e. The van der Waals surface area contributed by atoms with E-state index in [2.05, 4.69) is 42.2 Å². The van der Waals surface area contributed by atoms with Gasteiger partial charge in [0.15, 0.2) is 34.5 Å². The van der Waals surface area contributed by atoms with E-state index >= 15 is 0 Å². The topological polar surface area (TPSA) is 383 Å². The highest BCUT2D eigenvalue weighted by molar-refractivity contribution is 6.06. The molecule has 4 heterocycles. The van der Waals surface area contributed by atoms with Crippen LogP contribution in [0.4, 0.5) is 0 Å². The molecule has 0 fully saturated rings. The Hall–Kier alpha value is -8.72. The van der Waals surface area contributed by atoms with Gasteiger partial charge in [-0.2, -0.15) is 0 Å². The molecule has 78 heavy (non-hydrogen) atoms. The average Bonchev–Trinajstić information content (AvgIpc) is 3.43. The molecule has 4 aliphatic rings. The minimum absolute atomic E-state index is 0.0200. The zero-order chi connectivity index (χ0) is 57.1. The van der Waals surface area contributed by atoms with Gasteiger partial charge in [-0.1, -0.05) is 6.07 Å². The van der Waals surface area contributed by atoms with Crippen molar-refractivity contribution in [3.05, 3.63) is 98.6 Å². The second-order valence-corrected chi connectivity index (χ2v) is 17.6. The number of methoxy groups -OCH3 is 2. The molecule has 0 aliphatic carbocycles. The van der Waals surface area contributed by atoms with Crippen LogP contribution in [-0.4, -0.2) is 212 Å². The Morgan fingerprint density at radius 2 is 0.808 bits per heavy atom. The molecule has 0 unspecified atom stereocenters. The van der Waals surface area contributed by atoms with Crippen molar-refractivity contribution in [2.75, 3.05) is 119 Å². The number of nitrogens with one attached hydrogen (secondary N) is 7. The van der Waals surface area contributed by atoms with Crippen LogP contribution in [0, 0.1) is 6.92 Å². The molecule has 0 aromatic heterocycles. The molecule has 4 aromatic carbocycles. The first kappa shape index (κ1) is 60.1. The van der Waals surface area contributed by atoms with Gasteiger partial charge in [0, 0.05) is 116 Å². The van der Waals surface area contributed by atoms with E-state index < -0.39 is 75.8 Å². The molecule has 4 aliphatic heterocycles. The maximum Gasteiger partial charge on any atom is 0.255 e. The number of phenolic OH excluding ortho intramolecular Hbond substituents is 7. The molecule has 420 valence electrons. The summed E-state index contributed by atoms with van der Waals surface area (Å²) in [6, 6.07) is 10.0. The molecule has 26 nitrogen and oxygen atoms in total. The first-order valence-electron chi connectivity index (χ1n) is 24.7. The zero-order valence-corrected chi connectivity index (χ0v) is 43.6. The molecule has 4 bridgehead atoms. The first-order chi connectivity index (χ1) is 37.3. The van der Waals surface area contributed by atoms with Gasteiger partial charge < -0.3 is 82.4 Å². The standard InChI is InChI=1S/C52H66N10O16/c1-29-31(30(2)53-19-27-77-3)5-6-32(39(29)63)46(70)54-13-21-61-22-14-55-47(71)33-7-9-35(42(66)40(33)64)49(73)57-16-24-62(25-17-58-50(74)36-10-8-34(41(65)43(36)67)48(72)56-15-23-61)26-18-59-51(75)37-11-12-38(45(69)44(37)68)52(76)60-20-28-78-4/h5-12,63-69H,13-28H2,1-4H3,(H,54,70)(H,55,71)(H,56,72)(H,57,73)(H,58,74)(H,59,75)(H,60,76). The van der Waals surface area contributed by atoms with Crippen LogP contribution < -0.4 is 37.2 Å². The lowest BCUT2D eigenvalue weighted by molar-refractivity contribution is 0.0916. The molecule has 0 radical (unpaired) electrons. The van der Waals surface area contributed by atoms with E-state index in [0.29, 0.717) is 30.0 Å². The first-order valence-corrected chi connectivity index (χ1v) is 24.7. The zero-order valence-electron chi connectivity index (χ0n) is 43.6. The SMILES string of the molecule is COCCN=C(C)c1ccc(C(=O)NCCN2CCNC(=O)c3ccc(c(O)c3O)C(=O)NCCN(CCNC(=O)c3ccc(C(=O)NCCOC)c(O)c3O)CCNC(=O)c3ccc(c(O)c3O)C(=O)NCC2)c(O)c1C. The number of aliphatic imine (C=N–C) groups is 1. The molecule has 0 saturated carbocycles. The van der Waals surface area contributed by atoms with Gasteiger partial charge in [0.25, 0.3) is 41.4 Å². The fraction of sp³-hybridized carbons (Fsp3) is 0.385. The number of amides is 7. The van der Waals surface area contributed by atoms with Crippen molar-refractivity contribution < 1.29 is 78.8 Å². The molecule has 14 N–H and O–H groups in total. The van der Waals surface area contributed by atoms with Crippen molar-refractivity contribution in [3.63, 3.8) is 0 Å².